The predicted octanol–water partition coefficient (Wildman–Crippen LogP) is 3.35. The summed E-state index contributed by atoms with van der Waals surface area (Å²) in [6.07, 6.45) is 0.276. The molecule has 3 aromatic rings. The van der Waals surface area contributed by atoms with Gasteiger partial charge in [-0.3, -0.25) is 24.0 Å². The average Bonchev–Trinajstić information content (AvgIpc) is 2.96. The number of non-ortho nitro benzene ring substituents is 1. The van der Waals surface area contributed by atoms with Gasteiger partial charge in [-0.25, -0.2) is 8.42 Å². The van der Waals surface area contributed by atoms with Gasteiger partial charge >= 0.3 is 0 Å². The summed E-state index contributed by atoms with van der Waals surface area (Å²) in [6.45, 7) is 1.12. The van der Waals surface area contributed by atoms with Crippen LogP contribution in [0.25, 0.3) is 0 Å². The summed E-state index contributed by atoms with van der Waals surface area (Å²) in [5, 5.41) is 13.7. The molecule has 11 nitrogen and oxygen atoms in total. The van der Waals surface area contributed by atoms with E-state index in [1.807, 2.05) is 0 Å². The number of nitro groups is 1. The van der Waals surface area contributed by atoms with Crippen LogP contribution in [0.4, 0.5) is 11.4 Å². The molecule has 2 amide bonds. The fourth-order valence-corrected chi connectivity index (χ4v) is 5.48. The van der Waals surface area contributed by atoms with E-state index in [1.165, 1.54) is 55.5 Å². The van der Waals surface area contributed by atoms with Gasteiger partial charge in [-0.2, -0.15) is 0 Å². The summed E-state index contributed by atoms with van der Waals surface area (Å²) in [7, 11) is -1.29. The van der Waals surface area contributed by atoms with Gasteiger partial charge < -0.3 is 15.0 Å². The lowest BCUT2D eigenvalue weighted by Crippen LogP contribution is -2.51. The van der Waals surface area contributed by atoms with Crippen molar-refractivity contribution in [2.75, 3.05) is 25.0 Å². The number of methoxy groups -OCH3 is 1. The van der Waals surface area contributed by atoms with Crippen molar-refractivity contribution < 1.29 is 27.7 Å². The Morgan fingerprint density at radius 1 is 1.03 bits per heavy atom. The summed E-state index contributed by atoms with van der Waals surface area (Å²) < 4.78 is 33.6. The number of hydrogen-bond donors (Lipinski definition) is 1. The summed E-state index contributed by atoms with van der Waals surface area (Å²) >= 11 is 0. The maximum atomic E-state index is 13.9. The van der Waals surface area contributed by atoms with Crippen LogP contribution in [-0.4, -0.2) is 56.8 Å². The second-order valence-corrected chi connectivity index (χ2v) is 10.4. The van der Waals surface area contributed by atoms with E-state index in [-0.39, 0.29) is 29.2 Å². The highest BCUT2D eigenvalue weighted by Crippen LogP contribution is 2.27. The van der Waals surface area contributed by atoms with E-state index in [4.69, 9.17) is 4.74 Å². The molecule has 0 radical (unpaired) electrons. The first kappa shape index (κ1) is 29.1. The molecule has 1 N–H and O–H groups in total. The van der Waals surface area contributed by atoms with Crippen LogP contribution in [0.15, 0.2) is 83.8 Å². The van der Waals surface area contributed by atoms with E-state index < -0.39 is 39.3 Å². The van der Waals surface area contributed by atoms with E-state index in [0.717, 1.165) is 4.31 Å². The number of rotatable bonds is 12. The van der Waals surface area contributed by atoms with Crippen molar-refractivity contribution in [3.8, 4) is 5.75 Å². The molecular weight excluding hydrogens is 524 g/mol. The number of sulfonamides is 1. The number of anilines is 1. The van der Waals surface area contributed by atoms with E-state index in [0.29, 0.717) is 11.3 Å². The minimum atomic E-state index is -4.26. The van der Waals surface area contributed by atoms with Gasteiger partial charge in [-0.05, 0) is 48.4 Å². The third-order valence-corrected chi connectivity index (χ3v) is 7.87. The van der Waals surface area contributed by atoms with E-state index in [2.05, 4.69) is 5.32 Å². The molecule has 0 heterocycles. The van der Waals surface area contributed by atoms with Crippen LogP contribution in [0.5, 0.6) is 5.75 Å². The number of carbonyl (C=O) groups excluding carboxylic acids is 2. The van der Waals surface area contributed by atoms with Crippen molar-refractivity contribution in [2.24, 2.45) is 0 Å². The predicted molar refractivity (Wildman–Crippen MR) is 146 cm³/mol. The van der Waals surface area contributed by atoms with Crippen LogP contribution in [0, 0.1) is 10.1 Å². The zero-order valence-corrected chi connectivity index (χ0v) is 22.6. The Hall–Kier alpha value is -4.45. The number of likely N-dealkylation sites (N-methyl/N-ethyl adjacent to an activating group) is 1. The molecule has 39 heavy (non-hydrogen) atoms. The van der Waals surface area contributed by atoms with Crippen LogP contribution in [0.2, 0.25) is 0 Å². The maximum Gasteiger partial charge on any atom is 0.269 e. The Morgan fingerprint density at radius 3 is 2.26 bits per heavy atom. The standard InChI is InChI=1S/C27H30N4O7S/c1-4-25(27(33)28-2)29(18-20-9-8-10-23(17-20)38-3)26(32)19-30(21-13-15-22(16-14-21)31(34)35)39(36,37)24-11-6-5-7-12-24/h5-17,25H,4,18-19H2,1-3H3,(H,28,33)/t25-/m0/s1. The molecule has 206 valence electrons. The Balaban J connectivity index is 2.07. The highest BCUT2D eigenvalue weighted by molar-refractivity contribution is 7.92. The molecule has 0 bridgehead atoms. The lowest BCUT2D eigenvalue weighted by atomic mass is 10.1. The number of amides is 2. The smallest absolute Gasteiger partial charge is 0.269 e. The first-order chi connectivity index (χ1) is 18.6. The highest BCUT2D eigenvalue weighted by atomic mass is 32.2. The third kappa shape index (κ3) is 6.90. The first-order valence-electron chi connectivity index (χ1n) is 12.1. The summed E-state index contributed by atoms with van der Waals surface area (Å²) in [4.78, 5) is 38.4. The number of carbonyl (C=O) groups is 2. The minimum Gasteiger partial charge on any atom is -0.497 e. The van der Waals surface area contributed by atoms with Gasteiger partial charge in [-0.15, -0.1) is 0 Å². The van der Waals surface area contributed by atoms with Gasteiger partial charge in [0.1, 0.15) is 18.3 Å². The molecule has 0 saturated carbocycles. The second-order valence-electron chi connectivity index (χ2n) is 8.51. The van der Waals surface area contributed by atoms with Crippen LogP contribution in [0.1, 0.15) is 18.9 Å². The molecule has 0 fully saturated rings. The summed E-state index contributed by atoms with van der Waals surface area (Å²) in [5.41, 5.74) is 0.512. The van der Waals surface area contributed by atoms with Gasteiger partial charge in [0, 0.05) is 25.7 Å². The topological polar surface area (TPSA) is 139 Å². The van der Waals surface area contributed by atoms with Gasteiger partial charge in [0.15, 0.2) is 0 Å². The number of benzene rings is 3. The van der Waals surface area contributed by atoms with Crippen LogP contribution in [0.3, 0.4) is 0 Å². The number of nitro benzene ring substituents is 1. The second kappa shape index (κ2) is 12.9. The first-order valence-corrected chi connectivity index (χ1v) is 13.5. The Labute approximate surface area is 227 Å². The molecule has 12 heteroatoms. The summed E-state index contributed by atoms with van der Waals surface area (Å²) in [6, 6.07) is 18.5. The van der Waals surface area contributed by atoms with Crippen LogP contribution in [-0.2, 0) is 26.2 Å². The summed E-state index contributed by atoms with van der Waals surface area (Å²) in [5.74, 6) is -0.472. The lowest BCUT2D eigenvalue weighted by molar-refractivity contribution is -0.384. The number of nitrogens with zero attached hydrogens (tertiary/aromatic N) is 3. The zero-order chi connectivity index (χ0) is 28.6. The lowest BCUT2D eigenvalue weighted by Gasteiger charge is -2.33. The van der Waals surface area contributed by atoms with Crippen molar-refractivity contribution in [3.05, 3.63) is 94.5 Å². The molecular formula is C27H30N4O7S. The van der Waals surface area contributed by atoms with E-state index >= 15 is 0 Å². The van der Waals surface area contributed by atoms with Crippen LogP contribution < -0.4 is 14.4 Å². The van der Waals surface area contributed by atoms with Crippen LogP contribution >= 0.6 is 0 Å². The largest absolute Gasteiger partial charge is 0.497 e. The molecule has 0 saturated heterocycles. The normalized spacial score (nSPS) is 11.8. The quantitative estimate of drug-likeness (QED) is 0.268. The molecule has 3 rings (SSSR count). The van der Waals surface area contributed by atoms with E-state index in [9.17, 15) is 28.1 Å². The zero-order valence-electron chi connectivity index (χ0n) is 21.8. The third-order valence-electron chi connectivity index (χ3n) is 6.08. The van der Waals surface area contributed by atoms with Gasteiger partial charge in [0.05, 0.1) is 22.6 Å². The van der Waals surface area contributed by atoms with Gasteiger partial charge in [-0.1, -0.05) is 37.3 Å². The number of hydrogen-bond acceptors (Lipinski definition) is 7. The van der Waals surface area contributed by atoms with Crippen molar-refractivity contribution in [3.63, 3.8) is 0 Å². The fraction of sp³-hybridized carbons (Fsp3) is 0.259. The number of ether oxygens (including phenoxy) is 1. The van der Waals surface area contributed by atoms with Gasteiger partial charge in [0.25, 0.3) is 15.7 Å². The Kier molecular flexibility index (Phi) is 9.61. The molecule has 0 unspecified atom stereocenters. The molecule has 1 atom stereocenters. The fourth-order valence-electron chi connectivity index (χ4n) is 4.04. The van der Waals surface area contributed by atoms with Crippen molar-refractivity contribution in [1.82, 2.24) is 10.2 Å². The molecule has 0 aliphatic carbocycles. The van der Waals surface area contributed by atoms with E-state index in [1.54, 1.807) is 49.4 Å². The van der Waals surface area contributed by atoms with Crippen molar-refractivity contribution in [2.45, 2.75) is 30.8 Å². The molecule has 0 spiro atoms. The SMILES string of the molecule is CC[C@@H](C(=O)NC)N(Cc1cccc(OC)c1)C(=O)CN(c1ccc([N+](=O)[O-])cc1)S(=O)(=O)c1ccccc1. The number of nitrogens with one attached hydrogen (secondary N) is 1. The Bertz CT molecular complexity index is 1410. The van der Waals surface area contributed by atoms with Gasteiger partial charge in [0.2, 0.25) is 11.8 Å². The minimum absolute atomic E-state index is 0.0153. The maximum absolute atomic E-state index is 13.9. The monoisotopic (exact) mass is 554 g/mol. The molecule has 0 aliphatic rings. The molecule has 0 aliphatic heterocycles. The molecule has 0 aromatic heterocycles. The van der Waals surface area contributed by atoms with Crippen molar-refractivity contribution >= 4 is 33.2 Å². The average molecular weight is 555 g/mol. The highest BCUT2D eigenvalue weighted by Gasteiger charge is 2.33. The Morgan fingerprint density at radius 2 is 1.69 bits per heavy atom. The molecule has 3 aromatic carbocycles. The van der Waals surface area contributed by atoms with Crippen molar-refractivity contribution in [1.29, 1.82) is 0 Å².